The third kappa shape index (κ3) is 2.33. The zero-order chi connectivity index (χ0) is 10.8. The summed E-state index contributed by atoms with van der Waals surface area (Å²) in [6.07, 6.45) is 1.46. The normalized spacial score (nSPS) is 11.6. The van der Waals surface area contributed by atoms with Crippen molar-refractivity contribution in [1.82, 2.24) is 9.29 Å². The van der Waals surface area contributed by atoms with Gasteiger partial charge in [-0.3, -0.25) is 4.72 Å². The van der Waals surface area contributed by atoms with Crippen LogP contribution >= 0.6 is 0 Å². The molecule has 0 spiro atoms. The van der Waals surface area contributed by atoms with Gasteiger partial charge < -0.3 is 5.73 Å². The number of nitrogens with two attached hydrogens (primary N) is 1. The van der Waals surface area contributed by atoms with Gasteiger partial charge in [-0.2, -0.15) is 12.7 Å². The van der Waals surface area contributed by atoms with E-state index in [4.69, 9.17) is 5.73 Å². The Hall–Kier alpha value is -1.34. The summed E-state index contributed by atoms with van der Waals surface area (Å²) < 4.78 is 26.0. The van der Waals surface area contributed by atoms with Crippen molar-refractivity contribution < 1.29 is 8.42 Å². The second kappa shape index (κ2) is 3.81. The van der Waals surface area contributed by atoms with E-state index in [1.807, 2.05) is 0 Å². The minimum atomic E-state index is -3.53. The molecule has 1 aromatic heterocycles. The number of aromatic nitrogens is 1. The fraction of sp³-hybridized carbons (Fsp3) is 0.286. The standard InChI is InChI=1S/C7H12N4O2S/c1-11(2)14(12,13)10-7-6(8)4-3-5-9-7/h3-5H,8H2,1-2H3,(H,9,10). The third-order valence-corrected chi connectivity index (χ3v) is 2.96. The Morgan fingerprint density at radius 2 is 2.14 bits per heavy atom. The van der Waals surface area contributed by atoms with Crippen molar-refractivity contribution in [1.29, 1.82) is 0 Å². The Kier molecular flexibility index (Phi) is 2.92. The van der Waals surface area contributed by atoms with Gasteiger partial charge in [0, 0.05) is 20.3 Å². The summed E-state index contributed by atoms with van der Waals surface area (Å²) in [5.41, 5.74) is 5.81. The van der Waals surface area contributed by atoms with E-state index in [1.165, 1.54) is 20.3 Å². The number of hydrogen-bond donors (Lipinski definition) is 2. The molecule has 0 saturated carbocycles. The van der Waals surface area contributed by atoms with Crippen LogP contribution in [0.5, 0.6) is 0 Å². The van der Waals surface area contributed by atoms with E-state index in [1.54, 1.807) is 12.1 Å². The molecule has 0 unspecified atom stereocenters. The van der Waals surface area contributed by atoms with E-state index in [0.29, 0.717) is 0 Å². The number of hydrogen-bond acceptors (Lipinski definition) is 4. The van der Waals surface area contributed by atoms with E-state index in [2.05, 4.69) is 9.71 Å². The molecule has 0 aliphatic heterocycles. The lowest BCUT2D eigenvalue weighted by molar-refractivity contribution is 0.526. The van der Waals surface area contributed by atoms with Crippen molar-refractivity contribution in [3.63, 3.8) is 0 Å². The monoisotopic (exact) mass is 216 g/mol. The van der Waals surface area contributed by atoms with Gasteiger partial charge >= 0.3 is 10.2 Å². The fourth-order valence-corrected chi connectivity index (χ4v) is 1.31. The largest absolute Gasteiger partial charge is 0.396 e. The van der Waals surface area contributed by atoms with E-state index >= 15 is 0 Å². The highest BCUT2D eigenvalue weighted by atomic mass is 32.2. The summed E-state index contributed by atoms with van der Waals surface area (Å²) in [5, 5.41) is 0. The van der Waals surface area contributed by atoms with Gasteiger partial charge in [-0.1, -0.05) is 0 Å². The Labute approximate surface area is 82.9 Å². The molecule has 0 fully saturated rings. The lowest BCUT2D eigenvalue weighted by Crippen LogP contribution is -2.29. The van der Waals surface area contributed by atoms with Gasteiger partial charge in [0.05, 0.1) is 5.69 Å². The lowest BCUT2D eigenvalue weighted by atomic mass is 10.4. The molecule has 7 heteroatoms. The predicted octanol–water partition coefficient (Wildman–Crippen LogP) is -0.118. The van der Waals surface area contributed by atoms with Crippen LogP contribution in [0.25, 0.3) is 0 Å². The molecule has 0 aromatic carbocycles. The first-order valence-corrected chi connectivity index (χ1v) is 5.28. The van der Waals surface area contributed by atoms with Crippen molar-refractivity contribution in [2.75, 3.05) is 24.6 Å². The van der Waals surface area contributed by atoms with Crippen molar-refractivity contribution >= 4 is 21.7 Å². The van der Waals surface area contributed by atoms with E-state index < -0.39 is 10.2 Å². The zero-order valence-electron chi connectivity index (χ0n) is 7.93. The molecule has 14 heavy (non-hydrogen) atoms. The molecule has 0 atom stereocenters. The number of nitrogens with one attached hydrogen (secondary N) is 1. The third-order valence-electron chi connectivity index (χ3n) is 1.55. The molecule has 0 amide bonds. The molecule has 0 aliphatic rings. The molecule has 1 heterocycles. The van der Waals surface area contributed by atoms with Crippen LogP contribution in [-0.4, -0.2) is 31.8 Å². The molecule has 1 rings (SSSR count). The van der Waals surface area contributed by atoms with Crippen LogP contribution in [0.4, 0.5) is 11.5 Å². The van der Waals surface area contributed by atoms with Crippen LogP contribution < -0.4 is 10.5 Å². The molecular formula is C7H12N4O2S. The Morgan fingerprint density at radius 1 is 1.50 bits per heavy atom. The molecule has 0 bridgehead atoms. The molecule has 0 saturated heterocycles. The maximum Gasteiger partial charge on any atom is 0.302 e. The van der Waals surface area contributed by atoms with Gasteiger partial charge in [0.25, 0.3) is 0 Å². The first-order valence-electron chi connectivity index (χ1n) is 3.84. The van der Waals surface area contributed by atoms with Gasteiger partial charge in [-0.25, -0.2) is 4.98 Å². The summed E-state index contributed by atoms with van der Waals surface area (Å²) in [6, 6.07) is 3.20. The maximum atomic E-state index is 11.4. The maximum absolute atomic E-state index is 11.4. The van der Waals surface area contributed by atoms with E-state index in [9.17, 15) is 8.42 Å². The Bertz CT molecular complexity index is 415. The number of pyridine rings is 1. The summed E-state index contributed by atoms with van der Waals surface area (Å²) >= 11 is 0. The second-order valence-electron chi connectivity index (χ2n) is 2.83. The van der Waals surface area contributed by atoms with Gasteiger partial charge in [-0.05, 0) is 12.1 Å². The average molecular weight is 216 g/mol. The minimum absolute atomic E-state index is 0.140. The molecule has 1 aromatic rings. The molecule has 0 radical (unpaired) electrons. The molecular weight excluding hydrogens is 204 g/mol. The fourth-order valence-electron chi connectivity index (χ4n) is 0.716. The van der Waals surface area contributed by atoms with Gasteiger partial charge in [0.2, 0.25) is 0 Å². The van der Waals surface area contributed by atoms with Crippen LogP contribution in [0, 0.1) is 0 Å². The number of rotatable bonds is 3. The SMILES string of the molecule is CN(C)S(=O)(=O)Nc1ncccc1N. The van der Waals surface area contributed by atoms with E-state index in [0.717, 1.165) is 4.31 Å². The highest BCUT2D eigenvalue weighted by Gasteiger charge is 2.14. The number of nitrogens with zero attached hydrogens (tertiary/aromatic N) is 2. The number of nitrogen functional groups attached to an aromatic ring is 1. The van der Waals surface area contributed by atoms with Crippen LogP contribution in [0.2, 0.25) is 0 Å². The van der Waals surface area contributed by atoms with Gasteiger partial charge in [0.15, 0.2) is 5.82 Å². The quantitative estimate of drug-likeness (QED) is 0.737. The number of anilines is 2. The lowest BCUT2D eigenvalue weighted by Gasteiger charge is -2.13. The van der Waals surface area contributed by atoms with Crippen LogP contribution in [0.3, 0.4) is 0 Å². The Balaban J connectivity index is 2.96. The van der Waals surface area contributed by atoms with Crippen LogP contribution in [-0.2, 0) is 10.2 Å². The van der Waals surface area contributed by atoms with Crippen molar-refractivity contribution in [2.24, 2.45) is 0 Å². The van der Waals surface area contributed by atoms with Crippen molar-refractivity contribution in [3.05, 3.63) is 18.3 Å². The summed E-state index contributed by atoms with van der Waals surface area (Å²) in [6.45, 7) is 0. The van der Waals surface area contributed by atoms with Crippen LogP contribution in [0.1, 0.15) is 0 Å². The molecule has 0 aliphatic carbocycles. The van der Waals surface area contributed by atoms with Gasteiger partial charge in [0.1, 0.15) is 0 Å². The van der Waals surface area contributed by atoms with Crippen molar-refractivity contribution in [2.45, 2.75) is 0 Å². The van der Waals surface area contributed by atoms with Crippen LogP contribution in [0.15, 0.2) is 18.3 Å². The van der Waals surface area contributed by atoms with Crippen molar-refractivity contribution in [3.8, 4) is 0 Å². The second-order valence-corrected chi connectivity index (χ2v) is 4.72. The van der Waals surface area contributed by atoms with Gasteiger partial charge in [-0.15, -0.1) is 0 Å². The smallest absolute Gasteiger partial charge is 0.302 e. The highest BCUT2D eigenvalue weighted by Crippen LogP contribution is 2.14. The predicted molar refractivity (Wildman–Crippen MR) is 54.9 cm³/mol. The highest BCUT2D eigenvalue weighted by molar-refractivity contribution is 7.90. The first-order chi connectivity index (χ1) is 6.43. The average Bonchev–Trinajstić information content (AvgIpc) is 2.08. The topological polar surface area (TPSA) is 88.3 Å². The summed E-state index contributed by atoms with van der Waals surface area (Å²) in [5.74, 6) is 0.140. The summed E-state index contributed by atoms with van der Waals surface area (Å²) in [7, 11) is -0.697. The summed E-state index contributed by atoms with van der Waals surface area (Å²) in [4.78, 5) is 3.80. The molecule has 78 valence electrons. The van der Waals surface area contributed by atoms with E-state index in [-0.39, 0.29) is 11.5 Å². The molecule has 6 nitrogen and oxygen atoms in total. The zero-order valence-corrected chi connectivity index (χ0v) is 8.75. The first kappa shape index (κ1) is 10.7. The minimum Gasteiger partial charge on any atom is -0.396 e. The molecule has 3 N–H and O–H groups in total. The Morgan fingerprint density at radius 3 is 2.64 bits per heavy atom.